The molecule has 4 heterocycles. The van der Waals surface area contributed by atoms with Crippen molar-refractivity contribution in [1.29, 1.82) is 0 Å². The lowest BCUT2D eigenvalue weighted by molar-refractivity contribution is 0.187. The van der Waals surface area contributed by atoms with E-state index in [1.54, 1.807) is 11.8 Å². The highest BCUT2D eigenvalue weighted by atomic mass is 35.5. The molecule has 2 N–H and O–H groups in total. The summed E-state index contributed by atoms with van der Waals surface area (Å²) in [5.74, 6) is 1.17. The Kier molecular flexibility index (Phi) is 5.52. The summed E-state index contributed by atoms with van der Waals surface area (Å²) in [7, 11) is 0. The summed E-state index contributed by atoms with van der Waals surface area (Å²) in [5.41, 5.74) is 11.6. The van der Waals surface area contributed by atoms with E-state index in [0.29, 0.717) is 10.0 Å². The molecule has 3 aromatic heterocycles. The second-order valence-corrected chi connectivity index (χ2v) is 11.2. The molecule has 0 amide bonds. The molecule has 1 saturated heterocycles. The third kappa shape index (κ3) is 3.51. The number of nitrogens with two attached hydrogens (primary N) is 1. The molecule has 4 aromatic rings. The van der Waals surface area contributed by atoms with E-state index in [9.17, 15) is 0 Å². The number of fused-ring (bicyclic) bond motifs is 2. The van der Waals surface area contributed by atoms with Crippen molar-refractivity contribution in [1.82, 2.24) is 14.4 Å². The van der Waals surface area contributed by atoms with E-state index in [2.05, 4.69) is 33.3 Å². The van der Waals surface area contributed by atoms with Crippen LogP contribution in [0.25, 0.3) is 5.65 Å². The molecule has 8 heteroatoms. The predicted octanol–water partition coefficient (Wildman–Crippen LogP) is 6.34. The van der Waals surface area contributed by atoms with Gasteiger partial charge in [-0.1, -0.05) is 41.0 Å². The van der Waals surface area contributed by atoms with Crippen molar-refractivity contribution >= 4 is 46.4 Å². The number of aromatic nitrogens is 3. The summed E-state index contributed by atoms with van der Waals surface area (Å²) in [6, 6.07) is 10.2. The molecule has 1 spiro atoms. The summed E-state index contributed by atoms with van der Waals surface area (Å²) < 4.78 is 2.19. The number of nitrogens with zero attached hydrogens (tertiary/aromatic N) is 4. The lowest BCUT2D eigenvalue weighted by Gasteiger charge is -2.43. The molecule has 0 radical (unpaired) electrons. The second kappa shape index (κ2) is 8.45. The van der Waals surface area contributed by atoms with Crippen molar-refractivity contribution in [2.24, 2.45) is 11.1 Å². The fourth-order valence-corrected chi connectivity index (χ4v) is 7.08. The Morgan fingerprint density at radius 3 is 2.76 bits per heavy atom. The number of pyridine rings is 2. The number of hydrogen-bond donors (Lipinski definition) is 1. The maximum absolute atomic E-state index is 6.77. The topological polar surface area (TPSA) is 59.5 Å². The van der Waals surface area contributed by atoms with Gasteiger partial charge in [-0.15, -0.1) is 0 Å². The molecule has 1 unspecified atom stereocenters. The first-order valence-electron chi connectivity index (χ1n) is 11.5. The normalized spacial score (nSPS) is 19.2. The Bertz CT molecular complexity index is 1390. The summed E-state index contributed by atoms with van der Waals surface area (Å²) >= 11 is 14.3. The highest BCUT2D eigenvalue weighted by Gasteiger charge is 2.46. The first kappa shape index (κ1) is 22.2. The van der Waals surface area contributed by atoms with Gasteiger partial charge in [0.05, 0.1) is 14.9 Å². The molecule has 1 fully saturated rings. The van der Waals surface area contributed by atoms with Crippen molar-refractivity contribution in [3.63, 3.8) is 0 Å². The average molecular weight is 510 g/mol. The summed E-state index contributed by atoms with van der Waals surface area (Å²) in [4.78, 5) is 13.5. The zero-order valence-electron chi connectivity index (χ0n) is 18.8. The number of rotatable bonds is 3. The molecule has 1 aliphatic heterocycles. The number of hydrogen-bond acceptors (Lipinski definition) is 5. The zero-order chi connectivity index (χ0) is 23.4. The number of piperidine rings is 1. The molecule has 1 aliphatic carbocycles. The minimum absolute atomic E-state index is 0.0869. The first-order valence-corrected chi connectivity index (χ1v) is 13.1. The highest BCUT2D eigenvalue weighted by molar-refractivity contribution is 7.99. The SMILES string of the molecule is Cc1cc(N2CCC3(CC2)Cc2cnccc2C3N)n2ccnc2c1Sc1cccc(Cl)c1Cl. The average Bonchev–Trinajstić information content (AvgIpc) is 3.43. The van der Waals surface area contributed by atoms with Crippen molar-refractivity contribution < 1.29 is 0 Å². The minimum Gasteiger partial charge on any atom is -0.358 e. The van der Waals surface area contributed by atoms with Gasteiger partial charge in [0, 0.05) is 48.8 Å². The lowest BCUT2D eigenvalue weighted by Crippen LogP contribution is -2.44. The molecule has 1 aromatic carbocycles. The summed E-state index contributed by atoms with van der Waals surface area (Å²) in [6.45, 7) is 4.07. The minimum atomic E-state index is 0.0869. The quantitative estimate of drug-likeness (QED) is 0.349. The van der Waals surface area contributed by atoms with Crippen LogP contribution in [0.1, 0.15) is 35.6 Å². The molecular weight excluding hydrogens is 485 g/mol. The van der Waals surface area contributed by atoms with E-state index in [1.807, 2.05) is 43.0 Å². The third-order valence-electron chi connectivity index (χ3n) is 7.48. The van der Waals surface area contributed by atoms with E-state index in [1.165, 1.54) is 22.5 Å². The number of aryl methyl sites for hydroxylation is 1. The highest BCUT2D eigenvalue weighted by Crippen LogP contribution is 2.51. The van der Waals surface area contributed by atoms with E-state index < -0.39 is 0 Å². The van der Waals surface area contributed by atoms with Gasteiger partial charge in [-0.2, -0.15) is 0 Å². The Morgan fingerprint density at radius 2 is 1.97 bits per heavy atom. The zero-order valence-corrected chi connectivity index (χ0v) is 21.2. The monoisotopic (exact) mass is 509 g/mol. The van der Waals surface area contributed by atoms with Gasteiger partial charge in [-0.25, -0.2) is 4.98 Å². The smallest absolute Gasteiger partial charge is 0.152 e. The Labute approximate surface area is 213 Å². The Hall–Kier alpha value is -2.25. The first-order chi connectivity index (χ1) is 16.5. The maximum Gasteiger partial charge on any atom is 0.152 e. The van der Waals surface area contributed by atoms with Crippen LogP contribution in [0.15, 0.2) is 64.9 Å². The fraction of sp³-hybridized carbons (Fsp3) is 0.308. The van der Waals surface area contributed by atoms with Gasteiger partial charge >= 0.3 is 0 Å². The Balaban J connectivity index is 1.29. The van der Waals surface area contributed by atoms with Gasteiger partial charge in [-0.05, 0) is 72.6 Å². The molecular formula is C26H25Cl2N5S. The van der Waals surface area contributed by atoms with Crippen molar-refractivity contribution in [3.05, 3.63) is 81.9 Å². The number of anilines is 1. The molecule has 34 heavy (non-hydrogen) atoms. The molecule has 0 bridgehead atoms. The van der Waals surface area contributed by atoms with E-state index in [4.69, 9.17) is 33.9 Å². The van der Waals surface area contributed by atoms with Crippen LogP contribution in [0.4, 0.5) is 5.82 Å². The van der Waals surface area contributed by atoms with Crippen LogP contribution in [0.2, 0.25) is 10.0 Å². The number of benzene rings is 1. The van der Waals surface area contributed by atoms with Gasteiger partial charge in [0.1, 0.15) is 5.82 Å². The summed E-state index contributed by atoms with van der Waals surface area (Å²) in [6.07, 6.45) is 10.9. The van der Waals surface area contributed by atoms with Gasteiger partial charge in [0.25, 0.3) is 0 Å². The molecule has 174 valence electrons. The maximum atomic E-state index is 6.77. The number of imidazole rings is 1. The van der Waals surface area contributed by atoms with E-state index >= 15 is 0 Å². The molecule has 6 rings (SSSR count). The Morgan fingerprint density at radius 1 is 1.15 bits per heavy atom. The largest absolute Gasteiger partial charge is 0.358 e. The van der Waals surface area contributed by atoms with Crippen molar-refractivity contribution in [2.75, 3.05) is 18.0 Å². The lowest BCUT2D eigenvalue weighted by atomic mass is 9.73. The third-order valence-corrected chi connectivity index (χ3v) is 9.68. The fourth-order valence-electron chi connectivity index (χ4n) is 5.58. The standard InChI is InChI=1S/C26H25Cl2N5S/c1-16-13-21(32-10-6-26(7-11-32)14-17-15-30-8-5-18(17)24(26)29)33-12-9-31-25(33)23(16)34-20-4-2-3-19(27)22(20)28/h2-5,8-9,12-13,15,24H,6-7,10-11,14,29H2,1H3. The number of halogens is 2. The van der Waals surface area contributed by atoms with Gasteiger partial charge in [-0.3, -0.25) is 9.38 Å². The van der Waals surface area contributed by atoms with Gasteiger partial charge in [0.2, 0.25) is 0 Å². The van der Waals surface area contributed by atoms with Gasteiger partial charge < -0.3 is 10.6 Å². The molecule has 0 saturated carbocycles. The van der Waals surface area contributed by atoms with Crippen LogP contribution < -0.4 is 10.6 Å². The van der Waals surface area contributed by atoms with Gasteiger partial charge in [0.15, 0.2) is 5.65 Å². The van der Waals surface area contributed by atoms with Crippen molar-refractivity contribution in [3.8, 4) is 0 Å². The van der Waals surface area contributed by atoms with Crippen LogP contribution in [-0.4, -0.2) is 27.5 Å². The summed E-state index contributed by atoms with van der Waals surface area (Å²) in [5, 5.41) is 1.14. The van der Waals surface area contributed by atoms with Crippen LogP contribution in [0, 0.1) is 12.3 Å². The second-order valence-electron chi connectivity index (χ2n) is 9.37. The molecule has 5 nitrogen and oxygen atoms in total. The predicted molar refractivity (Wildman–Crippen MR) is 139 cm³/mol. The van der Waals surface area contributed by atoms with Crippen molar-refractivity contribution in [2.45, 2.75) is 42.0 Å². The van der Waals surface area contributed by atoms with Crippen LogP contribution in [0.5, 0.6) is 0 Å². The van der Waals surface area contributed by atoms with E-state index in [0.717, 1.165) is 47.8 Å². The van der Waals surface area contributed by atoms with Crippen LogP contribution in [0.3, 0.4) is 0 Å². The van der Waals surface area contributed by atoms with Crippen LogP contribution >= 0.6 is 35.0 Å². The molecule has 1 atom stereocenters. The molecule has 2 aliphatic rings. The van der Waals surface area contributed by atoms with Crippen LogP contribution in [-0.2, 0) is 6.42 Å². The van der Waals surface area contributed by atoms with E-state index in [-0.39, 0.29) is 11.5 Å².